The molecule has 1 N–H and O–H groups in total. The van der Waals surface area contributed by atoms with E-state index in [-0.39, 0.29) is 23.0 Å². The summed E-state index contributed by atoms with van der Waals surface area (Å²) in [6, 6.07) is 4.27. The number of hydrogen-bond donors (Lipinski definition) is 1. The van der Waals surface area contributed by atoms with Crippen LogP contribution in [0.2, 0.25) is 5.02 Å². The van der Waals surface area contributed by atoms with Gasteiger partial charge in [0.15, 0.2) is 0 Å². The molecular weight excluding hydrogens is 372 g/mol. The summed E-state index contributed by atoms with van der Waals surface area (Å²) in [5.41, 5.74) is 0.628. The fraction of sp³-hybridized carbons (Fsp3) is 0.600. The van der Waals surface area contributed by atoms with Crippen molar-refractivity contribution in [3.8, 4) is 0 Å². The van der Waals surface area contributed by atoms with Gasteiger partial charge in [-0.1, -0.05) is 17.7 Å². The van der Waals surface area contributed by atoms with Gasteiger partial charge >= 0.3 is 0 Å². The Hall–Kier alpha value is -0.670. The molecule has 2 aliphatic rings. The number of nitrogens with zero attached hydrogens (tertiary/aromatic N) is 1. The van der Waals surface area contributed by atoms with Crippen LogP contribution in [0.4, 0.5) is 0 Å². The highest BCUT2D eigenvalue weighted by molar-refractivity contribution is 7.89. The lowest BCUT2D eigenvalue weighted by Crippen LogP contribution is -2.52. The molecule has 2 heterocycles. The Bertz CT molecular complexity index is 840. The number of rotatable bonds is 4. The molecule has 1 aromatic carbocycles. The lowest BCUT2D eigenvalue weighted by Gasteiger charge is -2.37. The van der Waals surface area contributed by atoms with E-state index in [9.17, 15) is 16.8 Å². The van der Waals surface area contributed by atoms with Crippen LogP contribution in [0.5, 0.6) is 0 Å². The monoisotopic (exact) mass is 392 g/mol. The third-order valence-electron chi connectivity index (χ3n) is 4.81. The van der Waals surface area contributed by atoms with Crippen molar-refractivity contribution in [2.24, 2.45) is 0 Å². The first-order valence-corrected chi connectivity index (χ1v) is 11.6. The van der Waals surface area contributed by atoms with Crippen molar-refractivity contribution in [1.82, 2.24) is 9.03 Å². The number of fused-ring (bicyclic) bond motifs is 2. The van der Waals surface area contributed by atoms with E-state index >= 15 is 0 Å². The van der Waals surface area contributed by atoms with E-state index < -0.39 is 20.0 Å². The van der Waals surface area contributed by atoms with Crippen LogP contribution in [0.15, 0.2) is 23.1 Å². The van der Waals surface area contributed by atoms with Crippen LogP contribution >= 0.6 is 11.6 Å². The normalized spacial score (nSPS) is 28.2. The second-order valence-electron chi connectivity index (χ2n) is 6.68. The maximum Gasteiger partial charge on any atom is 0.241 e. The molecule has 2 saturated heterocycles. The molecule has 0 radical (unpaired) electrons. The second-order valence-corrected chi connectivity index (χ2v) is 10.7. The molecule has 6 nitrogen and oxygen atoms in total. The van der Waals surface area contributed by atoms with E-state index in [0.717, 1.165) is 12.8 Å². The molecule has 1 aromatic rings. The highest BCUT2D eigenvalue weighted by Gasteiger charge is 2.46. The predicted molar refractivity (Wildman–Crippen MR) is 93.0 cm³/mol. The van der Waals surface area contributed by atoms with E-state index in [2.05, 4.69) is 4.72 Å². The Morgan fingerprint density at radius 3 is 2.25 bits per heavy atom. The van der Waals surface area contributed by atoms with Gasteiger partial charge in [0.25, 0.3) is 0 Å². The molecule has 24 heavy (non-hydrogen) atoms. The number of nitrogens with one attached hydrogen (secondary N) is 1. The molecule has 2 unspecified atom stereocenters. The van der Waals surface area contributed by atoms with Crippen LogP contribution in [-0.4, -0.2) is 45.5 Å². The Morgan fingerprint density at radius 2 is 1.71 bits per heavy atom. The maximum absolute atomic E-state index is 12.7. The van der Waals surface area contributed by atoms with E-state index in [1.807, 2.05) is 0 Å². The van der Waals surface area contributed by atoms with Crippen molar-refractivity contribution < 1.29 is 16.8 Å². The van der Waals surface area contributed by atoms with E-state index in [1.54, 1.807) is 23.4 Å². The van der Waals surface area contributed by atoms with Crippen molar-refractivity contribution in [3.05, 3.63) is 28.8 Å². The predicted octanol–water partition coefficient (Wildman–Crippen LogP) is 1.88. The van der Waals surface area contributed by atoms with Gasteiger partial charge in [0, 0.05) is 23.1 Å². The number of benzene rings is 1. The van der Waals surface area contributed by atoms with Crippen LogP contribution in [0.1, 0.15) is 31.2 Å². The molecule has 134 valence electrons. The molecule has 9 heteroatoms. The largest absolute Gasteiger partial charge is 0.241 e. The third kappa shape index (κ3) is 3.48. The summed E-state index contributed by atoms with van der Waals surface area (Å²) in [5.74, 6) is 0. The van der Waals surface area contributed by atoms with Gasteiger partial charge in [-0.25, -0.2) is 21.6 Å². The Kier molecular flexibility index (Phi) is 4.72. The number of aryl methyl sites for hydroxylation is 1. The summed E-state index contributed by atoms with van der Waals surface area (Å²) in [4.78, 5) is 0.174. The minimum Gasteiger partial charge on any atom is -0.212 e. The molecule has 0 saturated carbocycles. The quantitative estimate of drug-likeness (QED) is 0.847. The van der Waals surface area contributed by atoms with Crippen molar-refractivity contribution in [2.45, 2.75) is 55.6 Å². The fourth-order valence-corrected chi connectivity index (χ4v) is 7.15. The van der Waals surface area contributed by atoms with Crippen molar-refractivity contribution >= 4 is 31.6 Å². The van der Waals surface area contributed by atoms with Crippen LogP contribution in [-0.2, 0) is 20.0 Å². The zero-order valence-corrected chi connectivity index (χ0v) is 16.0. The summed E-state index contributed by atoms with van der Waals surface area (Å²) in [7, 11) is -6.94. The molecular formula is C15H21ClN2O4S2. The summed E-state index contributed by atoms with van der Waals surface area (Å²) in [6.45, 7) is 1.72. The van der Waals surface area contributed by atoms with Gasteiger partial charge in [-0.05, 0) is 50.3 Å². The SMILES string of the molecule is Cc1ccc(Cl)cc1S(=O)(=O)NC1CC2CCC(C1)N2S(C)(=O)=O. The summed E-state index contributed by atoms with van der Waals surface area (Å²) in [6.07, 6.45) is 3.79. The number of piperidine rings is 1. The average molecular weight is 393 g/mol. The lowest BCUT2D eigenvalue weighted by molar-refractivity contribution is 0.221. The van der Waals surface area contributed by atoms with Gasteiger partial charge in [0.05, 0.1) is 11.2 Å². The molecule has 0 aliphatic carbocycles. The first kappa shape index (κ1) is 18.1. The van der Waals surface area contributed by atoms with Gasteiger partial charge < -0.3 is 0 Å². The molecule has 0 aromatic heterocycles. The van der Waals surface area contributed by atoms with Crippen LogP contribution in [0, 0.1) is 6.92 Å². The molecule has 0 amide bonds. The standard InChI is InChI=1S/C15H21ClN2O4S2/c1-10-3-4-11(16)7-15(10)24(21,22)17-12-8-13-5-6-14(9-12)18(13)23(2,19)20/h3-4,7,12-14,17H,5-6,8-9H2,1-2H3. The number of sulfonamides is 2. The second kappa shape index (κ2) is 6.25. The zero-order chi connectivity index (χ0) is 17.7. The molecule has 2 atom stereocenters. The highest BCUT2D eigenvalue weighted by atomic mass is 35.5. The minimum atomic E-state index is -3.69. The average Bonchev–Trinajstić information content (AvgIpc) is 2.74. The summed E-state index contributed by atoms with van der Waals surface area (Å²) in [5, 5.41) is 0.368. The van der Waals surface area contributed by atoms with Gasteiger partial charge in [-0.15, -0.1) is 0 Å². The highest BCUT2D eigenvalue weighted by Crippen LogP contribution is 2.38. The molecule has 0 spiro atoms. The minimum absolute atomic E-state index is 0.119. The Morgan fingerprint density at radius 1 is 1.12 bits per heavy atom. The maximum atomic E-state index is 12.7. The number of hydrogen-bond acceptors (Lipinski definition) is 4. The molecule has 3 rings (SSSR count). The Balaban J connectivity index is 1.80. The molecule has 2 bridgehead atoms. The summed E-state index contributed by atoms with van der Waals surface area (Å²) >= 11 is 5.93. The van der Waals surface area contributed by atoms with E-state index in [1.165, 1.54) is 12.3 Å². The van der Waals surface area contributed by atoms with Crippen molar-refractivity contribution in [1.29, 1.82) is 0 Å². The first-order chi connectivity index (χ1) is 11.1. The molecule has 2 fully saturated rings. The topological polar surface area (TPSA) is 83.6 Å². The van der Waals surface area contributed by atoms with Gasteiger partial charge in [-0.2, -0.15) is 4.31 Å². The third-order valence-corrected chi connectivity index (χ3v) is 8.07. The van der Waals surface area contributed by atoms with Crippen molar-refractivity contribution in [3.63, 3.8) is 0 Å². The van der Waals surface area contributed by atoms with E-state index in [4.69, 9.17) is 11.6 Å². The van der Waals surface area contributed by atoms with Crippen LogP contribution in [0.3, 0.4) is 0 Å². The Labute approximate surface area is 148 Å². The zero-order valence-electron chi connectivity index (χ0n) is 13.6. The van der Waals surface area contributed by atoms with Gasteiger partial charge in [0.1, 0.15) is 0 Å². The molecule has 2 aliphatic heterocycles. The van der Waals surface area contributed by atoms with Gasteiger partial charge in [0.2, 0.25) is 20.0 Å². The summed E-state index contributed by atoms with van der Waals surface area (Å²) < 4.78 is 53.5. The van der Waals surface area contributed by atoms with Crippen molar-refractivity contribution in [2.75, 3.05) is 6.26 Å². The smallest absolute Gasteiger partial charge is 0.212 e. The lowest BCUT2D eigenvalue weighted by atomic mass is 10.0. The van der Waals surface area contributed by atoms with Crippen LogP contribution < -0.4 is 4.72 Å². The fourth-order valence-electron chi connectivity index (χ4n) is 3.92. The first-order valence-electron chi connectivity index (χ1n) is 7.85. The van der Waals surface area contributed by atoms with E-state index in [0.29, 0.717) is 23.4 Å². The van der Waals surface area contributed by atoms with Gasteiger partial charge in [-0.3, -0.25) is 0 Å². The van der Waals surface area contributed by atoms with Crippen LogP contribution in [0.25, 0.3) is 0 Å². The number of halogens is 1.